The molecule has 0 bridgehead atoms. The lowest BCUT2D eigenvalue weighted by Gasteiger charge is -2.08. The van der Waals surface area contributed by atoms with Gasteiger partial charge in [0.15, 0.2) is 18.3 Å². The number of nitrogens with two attached hydrogens (primary N) is 1. The Morgan fingerprint density at radius 1 is 1.11 bits per heavy atom. The van der Waals surface area contributed by atoms with Crippen molar-refractivity contribution in [2.45, 2.75) is 20.8 Å². The van der Waals surface area contributed by atoms with Gasteiger partial charge in [0, 0.05) is 17.5 Å². The third-order valence-electron chi connectivity index (χ3n) is 3.96. The van der Waals surface area contributed by atoms with Gasteiger partial charge in [0.25, 0.3) is 0 Å². The summed E-state index contributed by atoms with van der Waals surface area (Å²) in [6, 6.07) is 13.5. The number of aryl methyl sites for hydroxylation is 3. The Hall–Kier alpha value is -3.35. The van der Waals surface area contributed by atoms with E-state index in [-0.39, 0.29) is 5.84 Å². The lowest BCUT2D eigenvalue weighted by molar-refractivity contribution is 0.107. The van der Waals surface area contributed by atoms with Crippen molar-refractivity contribution in [1.82, 2.24) is 14.8 Å². The Bertz CT molecular complexity index is 932. The first-order valence-electron chi connectivity index (χ1n) is 8.68. The largest absolute Gasteiger partial charge is 0.490 e. The molecule has 0 fully saturated rings. The van der Waals surface area contributed by atoms with Crippen molar-refractivity contribution in [2.75, 3.05) is 13.2 Å². The predicted octanol–water partition coefficient (Wildman–Crippen LogP) is 2.91. The topological polar surface area (TPSA) is 87.6 Å². The second kappa shape index (κ2) is 8.35. The predicted molar refractivity (Wildman–Crippen MR) is 104 cm³/mol. The van der Waals surface area contributed by atoms with Gasteiger partial charge in [0.1, 0.15) is 12.4 Å². The van der Waals surface area contributed by atoms with Crippen molar-refractivity contribution in [3.05, 3.63) is 71.2 Å². The van der Waals surface area contributed by atoms with Crippen LogP contribution in [0.2, 0.25) is 0 Å². The van der Waals surface area contributed by atoms with Crippen LogP contribution in [0.5, 0.6) is 5.75 Å². The Labute approximate surface area is 158 Å². The summed E-state index contributed by atoms with van der Waals surface area (Å²) in [4.78, 5) is 9.64. The van der Waals surface area contributed by atoms with Crippen molar-refractivity contribution >= 4 is 5.84 Å². The second-order valence-corrected chi connectivity index (χ2v) is 6.17. The zero-order chi connectivity index (χ0) is 19.2. The van der Waals surface area contributed by atoms with E-state index in [1.165, 1.54) is 0 Å². The number of ether oxygens (including phenoxy) is 1. The van der Waals surface area contributed by atoms with E-state index in [1.807, 2.05) is 63.2 Å². The summed E-state index contributed by atoms with van der Waals surface area (Å²) >= 11 is 0. The number of oxime groups is 1. The Morgan fingerprint density at radius 3 is 2.59 bits per heavy atom. The van der Waals surface area contributed by atoms with Crippen LogP contribution in [0, 0.1) is 20.8 Å². The van der Waals surface area contributed by atoms with E-state index < -0.39 is 0 Å². The zero-order valence-electron chi connectivity index (χ0n) is 15.7. The van der Waals surface area contributed by atoms with E-state index >= 15 is 0 Å². The van der Waals surface area contributed by atoms with Crippen LogP contribution in [0.15, 0.2) is 53.8 Å². The minimum Gasteiger partial charge on any atom is -0.490 e. The fraction of sp³-hybridized carbons (Fsp3) is 0.250. The van der Waals surface area contributed by atoms with Crippen LogP contribution < -0.4 is 10.5 Å². The molecule has 2 aromatic heterocycles. The maximum Gasteiger partial charge on any atom is 0.171 e. The molecule has 0 aliphatic rings. The molecule has 27 heavy (non-hydrogen) atoms. The van der Waals surface area contributed by atoms with E-state index in [1.54, 1.807) is 10.9 Å². The first kappa shape index (κ1) is 18.4. The normalized spacial score (nSPS) is 11.4. The number of amidine groups is 1. The fourth-order valence-electron chi connectivity index (χ4n) is 2.60. The van der Waals surface area contributed by atoms with E-state index in [0.717, 1.165) is 28.5 Å². The molecule has 140 valence electrons. The SMILES string of the molecule is Cc1cc(C)n(-c2ccc(/C(N)=N/OCCOc3ccccc3C)cn2)n1. The number of pyridine rings is 1. The van der Waals surface area contributed by atoms with E-state index in [2.05, 4.69) is 15.2 Å². The van der Waals surface area contributed by atoms with Crippen molar-refractivity contribution < 1.29 is 9.57 Å². The van der Waals surface area contributed by atoms with Crippen molar-refractivity contribution in [2.24, 2.45) is 10.9 Å². The maximum atomic E-state index is 5.96. The van der Waals surface area contributed by atoms with Gasteiger partial charge in [-0.3, -0.25) is 0 Å². The second-order valence-electron chi connectivity index (χ2n) is 6.17. The average molecular weight is 365 g/mol. The standard InChI is InChI=1S/C20H23N5O2/c1-14-6-4-5-7-18(14)26-10-11-27-24-20(21)17-8-9-19(22-13-17)25-16(3)12-15(2)23-25/h4-9,12-13H,10-11H2,1-3H3,(H2,21,24). The highest BCUT2D eigenvalue weighted by molar-refractivity contribution is 5.96. The summed E-state index contributed by atoms with van der Waals surface area (Å²) in [6.07, 6.45) is 1.65. The first-order valence-corrected chi connectivity index (χ1v) is 8.68. The van der Waals surface area contributed by atoms with E-state index in [9.17, 15) is 0 Å². The van der Waals surface area contributed by atoms with Crippen molar-refractivity contribution in [3.63, 3.8) is 0 Å². The molecule has 0 aliphatic carbocycles. The van der Waals surface area contributed by atoms with E-state index in [0.29, 0.717) is 18.8 Å². The van der Waals surface area contributed by atoms with Gasteiger partial charge < -0.3 is 15.3 Å². The molecule has 0 amide bonds. The number of hydrogen-bond acceptors (Lipinski definition) is 5. The number of aromatic nitrogens is 3. The molecule has 3 rings (SSSR count). The molecule has 2 N–H and O–H groups in total. The van der Waals surface area contributed by atoms with Gasteiger partial charge in [-0.05, 0) is 50.6 Å². The minimum absolute atomic E-state index is 0.262. The molecule has 0 atom stereocenters. The molecule has 7 nitrogen and oxygen atoms in total. The van der Waals surface area contributed by atoms with Crippen LogP contribution in [0.25, 0.3) is 5.82 Å². The summed E-state index contributed by atoms with van der Waals surface area (Å²) in [7, 11) is 0. The number of hydrogen-bond donors (Lipinski definition) is 1. The van der Waals surface area contributed by atoms with Gasteiger partial charge in [-0.2, -0.15) is 5.10 Å². The fourth-order valence-corrected chi connectivity index (χ4v) is 2.60. The van der Waals surface area contributed by atoms with Gasteiger partial charge >= 0.3 is 0 Å². The van der Waals surface area contributed by atoms with Gasteiger partial charge in [0.05, 0.1) is 5.69 Å². The van der Waals surface area contributed by atoms with Crippen molar-refractivity contribution in [1.29, 1.82) is 0 Å². The number of nitrogens with zero attached hydrogens (tertiary/aromatic N) is 4. The molecule has 1 aromatic carbocycles. The van der Waals surface area contributed by atoms with Crippen molar-refractivity contribution in [3.8, 4) is 11.6 Å². The third kappa shape index (κ3) is 4.63. The molecule has 0 saturated carbocycles. The lowest BCUT2D eigenvalue weighted by Crippen LogP contribution is -2.16. The highest BCUT2D eigenvalue weighted by atomic mass is 16.6. The van der Waals surface area contributed by atoms with Gasteiger partial charge in [-0.1, -0.05) is 23.4 Å². The van der Waals surface area contributed by atoms with Crippen LogP contribution in [0.1, 0.15) is 22.5 Å². The van der Waals surface area contributed by atoms with Gasteiger partial charge in [-0.15, -0.1) is 0 Å². The number of rotatable bonds is 7. The zero-order valence-corrected chi connectivity index (χ0v) is 15.7. The molecular weight excluding hydrogens is 342 g/mol. The average Bonchev–Trinajstić information content (AvgIpc) is 3.01. The molecule has 0 aliphatic heterocycles. The smallest absolute Gasteiger partial charge is 0.171 e. The van der Waals surface area contributed by atoms with Gasteiger partial charge in [-0.25, -0.2) is 9.67 Å². The molecule has 0 saturated heterocycles. The molecule has 0 radical (unpaired) electrons. The molecule has 3 aromatic rings. The highest BCUT2D eigenvalue weighted by Crippen LogP contribution is 2.15. The molecular formula is C20H23N5O2. The van der Waals surface area contributed by atoms with Gasteiger partial charge in [0.2, 0.25) is 0 Å². The molecule has 0 unspecified atom stereocenters. The maximum absolute atomic E-state index is 5.96. The summed E-state index contributed by atoms with van der Waals surface area (Å²) in [5.41, 5.74) is 9.68. The Kier molecular flexibility index (Phi) is 5.71. The molecule has 0 spiro atoms. The number of benzene rings is 1. The van der Waals surface area contributed by atoms with Crippen LogP contribution in [-0.4, -0.2) is 33.8 Å². The minimum atomic E-state index is 0.262. The van der Waals surface area contributed by atoms with Crippen LogP contribution in [0.3, 0.4) is 0 Å². The molecule has 7 heteroatoms. The summed E-state index contributed by atoms with van der Waals surface area (Å²) in [6.45, 7) is 6.61. The quantitative estimate of drug-likeness (QED) is 0.301. The number of para-hydroxylation sites is 1. The molecule has 2 heterocycles. The lowest BCUT2D eigenvalue weighted by atomic mass is 10.2. The van der Waals surface area contributed by atoms with Crippen LogP contribution in [0.4, 0.5) is 0 Å². The third-order valence-corrected chi connectivity index (χ3v) is 3.96. The summed E-state index contributed by atoms with van der Waals surface area (Å²) in [5, 5.41) is 8.33. The first-order chi connectivity index (χ1) is 13.0. The van der Waals surface area contributed by atoms with Crippen LogP contribution in [-0.2, 0) is 4.84 Å². The summed E-state index contributed by atoms with van der Waals surface area (Å²) < 4.78 is 7.43. The van der Waals surface area contributed by atoms with E-state index in [4.69, 9.17) is 15.3 Å². The Balaban J connectivity index is 1.53. The van der Waals surface area contributed by atoms with Crippen LogP contribution >= 0.6 is 0 Å². The Morgan fingerprint density at radius 2 is 1.93 bits per heavy atom. The monoisotopic (exact) mass is 365 g/mol. The summed E-state index contributed by atoms with van der Waals surface area (Å²) in [5.74, 6) is 1.82. The highest BCUT2D eigenvalue weighted by Gasteiger charge is 2.06.